The molecule has 6 rings (SSSR count). The number of nitrogens with two attached hydrogens (primary N) is 1. The number of nitrogens with zero attached hydrogens (tertiary/aromatic N) is 3. The molecule has 3 heterocycles. The van der Waals surface area contributed by atoms with Crippen LogP contribution in [0.5, 0.6) is 5.75 Å². The molecule has 1 amide bonds. The van der Waals surface area contributed by atoms with Gasteiger partial charge in [0.1, 0.15) is 11.6 Å². The van der Waals surface area contributed by atoms with Crippen molar-refractivity contribution in [2.45, 2.75) is 58.2 Å². The fourth-order valence-electron chi connectivity index (χ4n) is 5.03. The molecule has 1 aliphatic heterocycles. The minimum atomic E-state index is 0.116. The molecule has 3 aromatic carbocycles. The van der Waals surface area contributed by atoms with Gasteiger partial charge in [0.25, 0.3) is 0 Å². The summed E-state index contributed by atoms with van der Waals surface area (Å²) in [4.78, 5) is 13.8. The van der Waals surface area contributed by atoms with Crippen LogP contribution in [0.25, 0.3) is 10.9 Å². The molecular formula is C35H45N7O2. The molecule has 0 bridgehead atoms. The summed E-state index contributed by atoms with van der Waals surface area (Å²) in [5.41, 5.74) is 10.9. The summed E-state index contributed by atoms with van der Waals surface area (Å²) in [6.07, 6.45) is 6.62. The first-order chi connectivity index (χ1) is 21.4. The summed E-state index contributed by atoms with van der Waals surface area (Å²) in [6, 6.07) is 26.5. The molecule has 0 aliphatic carbocycles. The van der Waals surface area contributed by atoms with E-state index in [9.17, 15) is 4.79 Å². The van der Waals surface area contributed by atoms with Crippen molar-refractivity contribution in [3.8, 4) is 5.75 Å². The van der Waals surface area contributed by atoms with Crippen LogP contribution in [0.4, 0.5) is 0 Å². The number of H-pyrrole nitrogens is 1. The predicted molar refractivity (Wildman–Crippen MR) is 177 cm³/mol. The number of carbonyl (C=O) groups is 1. The molecule has 0 saturated carbocycles. The second kappa shape index (κ2) is 16.4. The van der Waals surface area contributed by atoms with Gasteiger partial charge in [-0.3, -0.25) is 4.79 Å². The molecular weight excluding hydrogens is 550 g/mol. The van der Waals surface area contributed by atoms with E-state index in [-0.39, 0.29) is 5.54 Å². The van der Waals surface area contributed by atoms with Crippen molar-refractivity contribution in [3.63, 3.8) is 0 Å². The van der Waals surface area contributed by atoms with Crippen LogP contribution in [-0.4, -0.2) is 51.9 Å². The highest BCUT2D eigenvalue weighted by Gasteiger charge is 2.20. The smallest absolute Gasteiger partial charge is 0.207 e. The van der Waals surface area contributed by atoms with E-state index in [0.29, 0.717) is 19.5 Å². The lowest BCUT2D eigenvalue weighted by Crippen LogP contribution is -2.46. The van der Waals surface area contributed by atoms with Gasteiger partial charge in [0.2, 0.25) is 6.41 Å². The van der Waals surface area contributed by atoms with Crippen molar-refractivity contribution in [1.29, 1.82) is 0 Å². The zero-order valence-corrected chi connectivity index (χ0v) is 26.1. The molecule has 0 unspecified atom stereocenters. The average molecular weight is 596 g/mol. The van der Waals surface area contributed by atoms with Crippen LogP contribution < -0.4 is 21.1 Å². The van der Waals surface area contributed by atoms with E-state index < -0.39 is 0 Å². The lowest BCUT2D eigenvalue weighted by molar-refractivity contribution is -0.109. The molecule has 1 aliphatic rings. The second-order valence-corrected chi connectivity index (χ2v) is 11.4. The number of aryl methyl sites for hydroxylation is 3. The first kappa shape index (κ1) is 32.4. The first-order valence-electron chi connectivity index (χ1n) is 15.2. The minimum absolute atomic E-state index is 0.116. The Hall–Kier alpha value is -4.47. The number of rotatable bonds is 9. The second-order valence-electron chi connectivity index (χ2n) is 11.4. The number of aromatic amines is 1. The SMILES string of the molecule is CC1(N)CCNCC1.COc1ccc(Cn2c(CCc3ccccc3)nnc2CNC=O)cc1.Cc1c[nH]c2ccccc12. The molecule has 9 heteroatoms. The highest BCUT2D eigenvalue weighted by molar-refractivity contribution is 5.82. The van der Waals surface area contributed by atoms with Crippen molar-refractivity contribution >= 4 is 17.3 Å². The van der Waals surface area contributed by atoms with Gasteiger partial charge in [-0.15, -0.1) is 10.2 Å². The van der Waals surface area contributed by atoms with Crippen LogP contribution in [0.1, 0.15) is 48.1 Å². The third-order valence-electron chi connectivity index (χ3n) is 7.77. The Morgan fingerprint density at radius 3 is 2.25 bits per heavy atom. The number of hydrogen-bond donors (Lipinski definition) is 4. The number of hydrogen-bond acceptors (Lipinski definition) is 6. The van der Waals surface area contributed by atoms with E-state index in [0.717, 1.165) is 61.7 Å². The number of nitrogens with one attached hydrogen (secondary N) is 3. The van der Waals surface area contributed by atoms with Gasteiger partial charge in [-0.1, -0.05) is 60.7 Å². The number of carbonyl (C=O) groups excluding carboxylic acids is 1. The van der Waals surface area contributed by atoms with Crippen LogP contribution in [0.15, 0.2) is 85.1 Å². The molecule has 232 valence electrons. The Morgan fingerprint density at radius 2 is 1.61 bits per heavy atom. The maximum atomic E-state index is 10.7. The number of benzene rings is 3. The Kier molecular flexibility index (Phi) is 12.1. The molecule has 0 radical (unpaired) electrons. The molecule has 9 nitrogen and oxygen atoms in total. The van der Waals surface area contributed by atoms with Gasteiger partial charge in [0, 0.05) is 29.1 Å². The Bertz CT molecular complexity index is 1550. The average Bonchev–Trinajstić information content (AvgIpc) is 3.62. The number of methoxy groups -OCH3 is 1. The summed E-state index contributed by atoms with van der Waals surface area (Å²) in [7, 11) is 1.65. The first-order valence-corrected chi connectivity index (χ1v) is 15.2. The summed E-state index contributed by atoms with van der Waals surface area (Å²) >= 11 is 0. The van der Waals surface area contributed by atoms with Crippen molar-refractivity contribution in [2.75, 3.05) is 20.2 Å². The van der Waals surface area contributed by atoms with E-state index in [1.54, 1.807) is 7.11 Å². The zero-order valence-electron chi connectivity index (χ0n) is 26.1. The fourth-order valence-corrected chi connectivity index (χ4v) is 5.03. The Labute approximate surface area is 260 Å². The van der Waals surface area contributed by atoms with Crippen molar-refractivity contribution < 1.29 is 9.53 Å². The van der Waals surface area contributed by atoms with Gasteiger partial charge >= 0.3 is 0 Å². The third-order valence-corrected chi connectivity index (χ3v) is 7.77. The van der Waals surface area contributed by atoms with Crippen LogP contribution in [0, 0.1) is 6.92 Å². The van der Waals surface area contributed by atoms with Gasteiger partial charge in [-0.05, 0) is 81.1 Å². The van der Waals surface area contributed by atoms with Gasteiger partial charge in [0.05, 0.1) is 20.2 Å². The standard InChI is InChI=1S/C20H22N4O2.C9H9N.C6H14N2/c1-26-18-10-7-17(8-11-18)14-24-19(22-23-20(24)13-21-15-25)12-9-16-5-3-2-4-6-16;1-7-6-10-9-5-3-2-4-8(7)9;1-6(7)2-4-8-5-3-6/h2-8,10-11,15H,9,12-14H2,1H3,(H,21,25);2-6,10H,1H3;8H,2-5,7H2,1H3. The number of ether oxygens (including phenoxy) is 1. The molecule has 1 saturated heterocycles. The zero-order chi connectivity index (χ0) is 31.2. The van der Waals surface area contributed by atoms with Gasteiger partial charge in [-0.25, -0.2) is 0 Å². The van der Waals surface area contributed by atoms with Crippen molar-refractivity contribution in [1.82, 2.24) is 30.4 Å². The molecule has 0 spiro atoms. The summed E-state index contributed by atoms with van der Waals surface area (Å²) in [6.45, 7) is 7.42. The number of piperidine rings is 1. The molecule has 5 N–H and O–H groups in total. The van der Waals surface area contributed by atoms with Gasteiger partial charge in [-0.2, -0.15) is 0 Å². The van der Waals surface area contributed by atoms with E-state index in [1.165, 1.54) is 22.0 Å². The fraction of sp³-hybridized carbons (Fsp3) is 0.343. The number of para-hydroxylation sites is 1. The normalized spacial score (nSPS) is 13.6. The van der Waals surface area contributed by atoms with E-state index in [1.807, 2.05) is 54.7 Å². The number of fused-ring (bicyclic) bond motifs is 1. The van der Waals surface area contributed by atoms with Crippen molar-refractivity contribution in [2.24, 2.45) is 5.73 Å². The Morgan fingerprint density at radius 1 is 0.932 bits per heavy atom. The maximum Gasteiger partial charge on any atom is 0.207 e. The predicted octanol–water partition coefficient (Wildman–Crippen LogP) is 4.93. The number of aromatic nitrogens is 4. The van der Waals surface area contributed by atoms with E-state index >= 15 is 0 Å². The minimum Gasteiger partial charge on any atom is -0.497 e. The summed E-state index contributed by atoms with van der Waals surface area (Å²) < 4.78 is 7.28. The topological polar surface area (TPSA) is 123 Å². The lowest BCUT2D eigenvalue weighted by Gasteiger charge is -2.29. The van der Waals surface area contributed by atoms with Gasteiger partial charge < -0.3 is 30.7 Å². The summed E-state index contributed by atoms with van der Waals surface area (Å²) in [5.74, 6) is 2.48. The lowest BCUT2D eigenvalue weighted by atomic mass is 9.92. The molecule has 1 fully saturated rings. The monoisotopic (exact) mass is 595 g/mol. The maximum absolute atomic E-state index is 10.7. The van der Waals surface area contributed by atoms with Crippen LogP contribution >= 0.6 is 0 Å². The highest BCUT2D eigenvalue weighted by Crippen LogP contribution is 2.17. The van der Waals surface area contributed by atoms with Crippen LogP contribution in [0.3, 0.4) is 0 Å². The van der Waals surface area contributed by atoms with Gasteiger partial charge in [0.15, 0.2) is 5.82 Å². The van der Waals surface area contributed by atoms with Crippen molar-refractivity contribution in [3.05, 3.63) is 113 Å². The molecule has 44 heavy (non-hydrogen) atoms. The largest absolute Gasteiger partial charge is 0.497 e. The number of amides is 1. The molecule has 2 aromatic heterocycles. The quantitative estimate of drug-likeness (QED) is 0.179. The van der Waals surface area contributed by atoms with E-state index in [2.05, 4.69) is 74.6 Å². The highest BCUT2D eigenvalue weighted by atomic mass is 16.5. The third kappa shape index (κ3) is 9.79. The Balaban J connectivity index is 0.000000198. The molecule has 5 aromatic rings. The molecule has 0 atom stereocenters. The van der Waals surface area contributed by atoms with Crippen LogP contribution in [-0.2, 0) is 30.7 Å². The van der Waals surface area contributed by atoms with Crippen LogP contribution in [0.2, 0.25) is 0 Å². The summed E-state index contributed by atoms with van der Waals surface area (Å²) in [5, 5.41) is 15.9. The van der Waals surface area contributed by atoms with E-state index in [4.69, 9.17) is 10.5 Å².